The van der Waals surface area contributed by atoms with Gasteiger partial charge in [0.05, 0.1) is 5.25 Å². The fraction of sp³-hybridized carbons (Fsp3) is 0.778. The molecule has 0 amide bonds. The van der Waals surface area contributed by atoms with Crippen LogP contribution in [0.4, 0.5) is 0 Å². The number of rotatable bonds is 5. The predicted octanol–water partition coefficient (Wildman–Crippen LogP) is 1.82. The van der Waals surface area contributed by atoms with Gasteiger partial charge in [-0.1, -0.05) is 0 Å². The predicted molar refractivity (Wildman–Crippen MR) is 50.4 cm³/mol. The molecule has 1 saturated heterocycles. The largest absolute Gasteiger partial charge is 0.303 e. The van der Waals surface area contributed by atoms with Crippen LogP contribution in [0.15, 0.2) is 0 Å². The zero-order chi connectivity index (χ0) is 8.81. The van der Waals surface area contributed by atoms with Crippen LogP contribution in [0.1, 0.15) is 32.1 Å². The molecular weight excluding hydrogens is 172 g/mol. The Kier molecular flexibility index (Phi) is 4.36. The van der Waals surface area contributed by atoms with E-state index in [0.29, 0.717) is 18.6 Å². The number of hydrogen-bond donors (Lipinski definition) is 0. The molecule has 0 N–H and O–H groups in total. The summed E-state index contributed by atoms with van der Waals surface area (Å²) in [5.41, 5.74) is 0. The van der Waals surface area contributed by atoms with Crippen molar-refractivity contribution in [1.82, 2.24) is 0 Å². The van der Waals surface area contributed by atoms with Crippen LogP contribution in [0.2, 0.25) is 0 Å². The lowest BCUT2D eigenvalue weighted by Gasteiger charge is -2.04. The molecule has 0 bridgehead atoms. The summed E-state index contributed by atoms with van der Waals surface area (Å²) >= 11 is 1.77. The summed E-state index contributed by atoms with van der Waals surface area (Å²) in [7, 11) is 0. The number of ketones is 1. The molecule has 68 valence electrons. The molecule has 12 heavy (non-hydrogen) atoms. The second kappa shape index (κ2) is 5.36. The Morgan fingerprint density at radius 3 is 3.00 bits per heavy atom. The van der Waals surface area contributed by atoms with Crippen LogP contribution in [0.25, 0.3) is 0 Å². The Hall–Kier alpha value is -0.310. The van der Waals surface area contributed by atoms with Gasteiger partial charge >= 0.3 is 0 Å². The minimum absolute atomic E-state index is 0.247. The highest BCUT2D eigenvalue weighted by Gasteiger charge is 2.22. The molecule has 0 aromatic carbocycles. The van der Waals surface area contributed by atoms with E-state index in [1.54, 1.807) is 11.8 Å². The third-order valence-corrected chi connectivity index (χ3v) is 3.46. The van der Waals surface area contributed by atoms with Crippen molar-refractivity contribution < 1.29 is 9.59 Å². The van der Waals surface area contributed by atoms with Crippen molar-refractivity contribution in [2.45, 2.75) is 37.4 Å². The average Bonchev–Trinajstić information content (AvgIpc) is 2.56. The second-order valence-corrected chi connectivity index (χ2v) is 4.34. The van der Waals surface area contributed by atoms with Gasteiger partial charge in [-0.2, -0.15) is 11.8 Å². The van der Waals surface area contributed by atoms with Gasteiger partial charge in [0.1, 0.15) is 12.1 Å². The molecule has 1 unspecified atom stereocenters. The number of unbranched alkanes of at least 4 members (excludes halogenated alkanes) is 1. The van der Waals surface area contributed by atoms with Gasteiger partial charge in [0, 0.05) is 12.8 Å². The average molecular weight is 186 g/mol. The molecule has 1 rings (SSSR count). The number of aldehydes is 1. The highest BCUT2D eigenvalue weighted by molar-refractivity contribution is 8.00. The summed E-state index contributed by atoms with van der Waals surface area (Å²) in [4.78, 5) is 21.4. The van der Waals surface area contributed by atoms with Gasteiger partial charge < -0.3 is 4.79 Å². The zero-order valence-corrected chi connectivity index (χ0v) is 7.94. The molecule has 1 aliphatic heterocycles. The Labute approximate surface area is 77.1 Å². The number of carbonyl (C=O) groups excluding carboxylic acids is 2. The molecule has 0 aromatic heterocycles. The molecule has 3 heteroatoms. The maximum Gasteiger partial charge on any atom is 0.145 e. The van der Waals surface area contributed by atoms with E-state index in [1.807, 2.05) is 0 Å². The summed E-state index contributed by atoms with van der Waals surface area (Å²) in [6, 6.07) is 0. The molecule has 0 saturated carbocycles. The molecule has 1 heterocycles. The van der Waals surface area contributed by atoms with Gasteiger partial charge in [-0.15, -0.1) is 0 Å². The van der Waals surface area contributed by atoms with E-state index in [4.69, 9.17) is 0 Å². The number of Topliss-reactive ketones (excluding diaryl/α,β-unsaturated/α-hetero) is 1. The van der Waals surface area contributed by atoms with Gasteiger partial charge in [0.25, 0.3) is 0 Å². The minimum Gasteiger partial charge on any atom is -0.303 e. The lowest BCUT2D eigenvalue weighted by molar-refractivity contribution is -0.118. The standard InChI is InChI=1S/C9H14O2S/c10-6-2-1-4-8(11)9-5-3-7-12-9/h6,9H,1-5,7H2. The first kappa shape index (κ1) is 9.78. The summed E-state index contributed by atoms with van der Waals surface area (Å²) in [5.74, 6) is 1.48. The van der Waals surface area contributed by atoms with Crippen LogP contribution in [-0.4, -0.2) is 23.1 Å². The molecule has 0 spiro atoms. The van der Waals surface area contributed by atoms with Gasteiger partial charge in [-0.05, 0) is 25.0 Å². The quantitative estimate of drug-likeness (QED) is 0.485. The smallest absolute Gasteiger partial charge is 0.145 e. The van der Waals surface area contributed by atoms with Crippen LogP contribution in [0.3, 0.4) is 0 Å². The highest BCUT2D eigenvalue weighted by atomic mass is 32.2. The molecular formula is C9H14O2S. The number of hydrogen-bond acceptors (Lipinski definition) is 3. The molecule has 1 atom stereocenters. The Balaban J connectivity index is 2.14. The maximum absolute atomic E-state index is 11.4. The van der Waals surface area contributed by atoms with Gasteiger partial charge in [0.15, 0.2) is 0 Å². The maximum atomic E-state index is 11.4. The lowest BCUT2D eigenvalue weighted by atomic mass is 10.1. The van der Waals surface area contributed by atoms with Crippen LogP contribution in [0, 0.1) is 0 Å². The number of carbonyl (C=O) groups is 2. The van der Waals surface area contributed by atoms with Crippen LogP contribution >= 0.6 is 11.8 Å². The van der Waals surface area contributed by atoms with Crippen molar-refractivity contribution in [3.63, 3.8) is 0 Å². The molecule has 1 fully saturated rings. The first-order chi connectivity index (χ1) is 5.84. The van der Waals surface area contributed by atoms with Crippen molar-refractivity contribution in [1.29, 1.82) is 0 Å². The molecule has 0 aliphatic carbocycles. The third kappa shape index (κ3) is 2.97. The Morgan fingerprint density at radius 1 is 1.58 bits per heavy atom. The van der Waals surface area contributed by atoms with Crippen molar-refractivity contribution in [2.75, 3.05) is 5.75 Å². The van der Waals surface area contributed by atoms with Gasteiger partial charge in [-0.3, -0.25) is 4.79 Å². The Bertz CT molecular complexity index is 162. The van der Waals surface area contributed by atoms with Crippen molar-refractivity contribution in [3.05, 3.63) is 0 Å². The van der Waals surface area contributed by atoms with Gasteiger partial charge in [-0.25, -0.2) is 0 Å². The van der Waals surface area contributed by atoms with Crippen molar-refractivity contribution >= 4 is 23.8 Å². The van der Waals surface area contributed by atoms with E-state index >= 15 is 0 Å². The number of thioether (sulfide) groups is 1. The van der Waals surface area contributed by atoms with Gasteiger partial charge in [0.2, 0.25) is 0 Å². The van der Waals surface area contributed by atoms with Crippen molar-refractivity contribution in [2.24, 2.45) is 0 Å². The van der Waals surface area contributed by atoms with Crippen molar-refractivity contribution in [3.8, 4) is 0 Å². The van der Waals surface area contributed by atoms with E-state index in [-0.39, 0.29) is 5.25 Å². The van der Waals surface area contributed by atoms with E-state index < -0.39 is 0 Å². The van der Waals surface area contributed by atoms with E-state index in [2.05, 4.69) is 0 Å². The normalized spacial score (nSPS) is 22.5. The van der Waals surface area contributed by atoms with Crippen LogP contribution in [0.5, 0.6) is 0 Å². The second-order valence-electron chi connectivity index (χ2n) is 3.03. The highest BCUT2D eigenvalue weighted by Crippen LogP contribution is 2.27. The van der Waals surface area contributed by atoms with Crippen LogP contribution in [-0.2, 0) is 9.59 Å². The van der Waals surface area contributed by atoms with E-state index in [0.717, 1.165) is 24.9 Å². The minimum atomic E-state index is 0.247. The zero-order valence-electron chi connectivity index (χ0n) is 7.12. The summed E-state index contributed by atoms with van der Waals surface area (Å²) < 4.78 is 0. The summed E-state index contributed by atoms with van der Waals surface area (Å²) in [6.45, 7) is 0. The lowest BCUT2D eigenvalue weighted by Crippen LogP contribution is -2.13. The third-order valence-electron chi connectivity index (χ3n) is 2.03. The fourth-order valence-electron chi connectivity index (χ4n) is 1.35. The van der Waals surface area contributed by atoms with E-state index in [1.165, 1.54) is 6.42 Å². The summed E-state index contributed by atoms with van der Waals surface area (Å²) in [6.07, 6.45) is 4.97. The monoisotopic (exact) mass is 186 g/mol. The SMILES string of the molecule is O=CCCCC(=O)C1CCCS1. The molecule has 2 nitrogen and oxygen atoms in total. The van der Waals surface area contributed by atoms with E-state index in [9.17, 15) is 9.59 Å². The summed E-state index contributed by atoms with van der Waals surface area (Å²) in [5, 5.41) is 0.247. The van der Waals surface area contributed by atoms with Crippen LogP contribution < -0.4 is 0 Å². The topological polar surface area (TPSA) is 34.1 Å². The fourth-order valence-corrected chi connectivity index (χ4v) is 2.61. The molecule has 0 radical (unpaired) electrons. The molecule has 1 aliphatic rings. The first-order valence-electron chi connectivity index (χ1n) is 4.42. The molecule has 0 aromatic rings. The Morgan fingerprint density at radius 2 is 2.42 bits per heavy atom. The first-order valence-corrected chi connectivity index (χ1v) is 5.47.